The quantitative estimate of drug-likeness (QED) is 0.569. The van der Waals surface area contributed by atoms with Crippen LogP contribution in [0.3, 0.4) is 0 Å². The highest BCUT2D eigenvalue weighted by molar-refractivity contribution is 5.74. The molecule has 0 spiro atoms. The third-order valence-electron chi connectivity index (χ3n) is 4.80. The molecular formula is C24H27N3O. The third kappa shape index (κ3) is 5.13. The highest BCUT2D eigenvalue weighted by Crippen LogP contribution is 2.14. The summed E-state index contributed by atoms with van der Waals surface area (Å²) < 4.78 is 2.20. The van der Waals surface area contributed by atoms with Crippen molar-refractivity contribution in [2.45, 2.75) is 26.6 Å². The molecule has 0 saturated carbocycles. The van der Waals surface area contributed by atoms with E-state index in [4.69, 9.17) is 0 Å². The Kier molecular flexibility index (Phi) is 6.68. The van der Waals surface area contributed by atoms with E-state index in [1.165, 1.54) is 11.1 Å². The summed E-state index contributed by atoms with van der Waals surface area (Å²) in [6.45, 7) is 8.26. The van der Waals surface area contributed by atoms with Crippen LogP contribution in [0, 0.1) is 6.92 Å². The van der Waals surface area contributed by atoms with Crippen LogP contribution in [-0.2, 0) is 19.6 Å². The van der Waals surface area contributed by atoms with E-state index < -0.39 is 0 Å². The fourth-order valence-corrected chi connectivity index (χ4v) is 3.17. The van der Waals surface area contributed by atoms with Crippen molar-refractivity contribution in [2.75, 3.05) is 6.54 Å². The van der Waals surface area contributed by atoms with Gasteiger partial charge in [0.1, 0.15) is 0 Å². The number of nitrogens with zero attached hydrogens (tertiary/aromatic N) is 2. The number of hydrogen-bond donors (Lipinski definition) is 1. The van der Waals surface area contributed by atoms with E-state index in [-0.39, 0.29) is 6.03 Å². The number of benzene rings is 2. The monoisotopic (exact) mass is 373 g/mol. The number of rotatable bonds is 8. The Balaban J connectivity index is 1.67. The van der Waals surface area contributed by atoms with Gasteiger partial charge in [0, 0.05) is 31.5 Å². The predicted octanol–water partition coefficient (Wildman–Crippen LogP) is 4.74. The Morgan fingerprint density at radius 3 is 2.57 bits per heavy atom. The lowest BCUT2D eigenvalue weighted by Crippen LogP contribution is -2.39. The number of aryl methyl sites for hydroxylation is 1. The Labute approximate surface area is 167 Å². The van der Waals surface area contributed by atoms with E-state index in [2.05, 4.69) is 59.9 Å². The molecule has 0 fully saturated rings. The molecule has 0 aliphatic carbocycles. The summed E-state index contributed by atoms with van der Waals surface area (Å²) in [5, 5.41) is 3.00. The van der Waals surface area contributed by atoms with Crippen molar-refractivity contribution in [3.8, 4) is 0 Å². The zero-order valence-electron chi connectivity index (χ0n) is 16.3. The van der Waals surface area contributed by atoms with Gasteiger partial charge in [-0.3, -0.25) is 0 Å². The molecular weight excluding hydrogens is 346 g/mol. The predicted molar refractivity (Wildman–Crippen MR) is 114 cm³/mol. The van der Waals surface area contributed by atoms with E-state index in [9.17, 15) is 4.79 Å². The Morgan fingerprint density at radius 2 is 1.82 bits per heavy atom. The zero-order valence-corrected chi connectivity index (χ0v) is 16.3. The van der Waals surface area contributed by atoms with Crippen LogP contribution >= 0.6 is 0 Å². The molecule has 0 atom stereocenters. The van der Waals surface area contributed by atoms with E-state index in [1.807, 2.05) is 36.4 Å². The van der Waals surface area contributed by atoms with Gasteiger partial charge in [0.25, 0.3) is 0 Å². The number of nitrogens with one attached hydrogen (secondary N) is 1. The van der Waals surface area contributed by atoms with Gasteiger partial charge in [-0.15, -0.1) is 6.58 Å². The first-order valence-electron chi connectivity index (χ1n) is 9.53. The molecule has 0 unspecified atom stereocenters. The number of amides is 2. The zero-order chi connectivity index (χ0) is 19.8. The summed E-state index contributed by atoms with van der Waals surface area (Å²) in [7, 11) is 0. The summed E-state index contributed by atoms with van der Waals surface area (Å²) in [6.07, 6.45) is 3.83. The summed E-state index contributed by atoms with van der Waals surface area (Å²) in [5.74, 6) is 0. The molecule has 0 aliphatic heterocycles. The first kappa shape index (κ1) is 19.5. The molecule has 4 nitrogen and oxygen atoms in total. The second-order valence-electron chi connectivity index (χ2n) is 6.87. The Hall–Kier alpha value is -3.27. The van der Waals surface area contributed by atoms with Crippen molar-refractivity contribution in [3.05, 3.63) is 108 Å². The second kappa shape index (κ2) is 9.60. The fourth-order valence-electron chi connectivity index (χ4n) is 3.17. The van der Waals surface area contributed by atoms with Crippen LogP contribution in [0.2, 0.25) is 0 Å². The molecule has 4 heteroatoms. The Bertz CT molecular complexity index is 914. The van der Waals surface area contributed by atoms with Crippen molar-refractivity contribution in [1.29, 1.82) is 0 Å². The number of urea groups is 1. The summed E-state index contributed by atoms with van der Waals surface area (Å²) in [6, 6.07) is 22.3. The van der Waals surface area contributed by atoms with Crippen LogP contribution < -0.4 is 5.32 Å². The molecule has 1 aromatic heterocycles. The van der Waals surface area contributed by atoms with Gasteiger partial charge >= 0.3 is 6.03 Å². The molecule has 2 aromatic carbocycles. The fraction of sp³-hybridized carbons (Fsp3) is 0.208. The van der Waals surface area contributed by atoms with Gasteiger partial charge < -0.3 is 14.8 Å². The molecule has 144 valence electrons. The lowest BCUT2D eigenvalue weighted by Gasteiger charge is -2.23. The van der Waals surface area contributed by atoms with E-state index in [0.29, 0.717) is 19.6 Å². The van der Waals surface area contributed by atoms with E-state index in [0.717, 1.165) is 17.8 Å². The van der Waals surface area contributed by atoms with Crippen molar-refractivity contribution >= 4 is 6.03 Å². The van der Waals surface area contributed by atoms with Gasteiger partial charge in [-0.05, 0) is 35.7 Å². The van der Waals surface area contributed by atoms with Crippen LogP contribution in [0.1, 0.15) is 22.4 Å². The molecule has 1 N–H and O–H groups in total. The van der Waals surface area contributed by atoms with Gasteiger partial charge in [0.15, 0.2) is 0 Å². The Morgan fingerprint density at radius 1 is 1.07 bits per heavy atom. The number of aromatic nitrogens is 1. The van der Waals surface area contributed by atoms with Crippen molar-refractivity contribution in [2.24, 2.45) is 0 Å². The van der Waals surface area contributed by atoms with Crippen molar-refractivity contribution in [3.63, 3.8) is 0 Å². The largest absolute Gasteiger partial charge is 0.345 e. The summed E-state index contributed by atoms with van der Waals surface area (Å²) in [5.41, 5.74) is 4.73. The minimum absolute atomic E-state index is 0.0904. The average Bonchev–Trinajstić information content (AvgIpc) is 3.15. The molecule has 0 bridgehead atoms. The van der Waals surface area contributed by atoms with Crippen molar-refractivity contribution < 1.29 is 4.79 Å². The topological polar surface area (TPSA) is 37.3 Å². The second-order valence-corrected chi connectivity index (χ2v) is 6.87. The van der Waals surface area contributed by atoms with Crippen LogP contribution in [0.25, 0.3) is 0 Å². The molecule has 0 aliphatic rings. The number of carbonyl (C=O) groups is 1. The third-order valence-corrected chi connectivity index (χ3v) is 4.80. The lowest BCUT2D eigenvalue weighted by atomic mass is 10.1. The van der Waals surface area contributed by atoms with Gasteiger partial charge in [0.05, 0.1) is 6.54 Å². The first-order valence-corrected chi connectivity index (χ1v) is 9.53. The maximum absolute atomic E-state index is 12.7. The highest BCUT2D eigenvalue weighted by Gasteiger charge is 2.14. The normalized spacial score (nSPS) is 10.5. The first-order chi connectivity index (χ1) is 13.7. The lowest BCUT2D eigenvalue weighted by molar-refractivity contribution is 0.199. The molecule has 2 amide bonds. The highest BCUT2D eigenvalue weighted by atomic mass is 16.2. The molecule has 0 saturated heterocycles. The van der Waals surface area contributed by atoms with Crippen molar-refractivity contribution in [1.82, 2.24) is 14.8 Å². The molecule has 0 radical (unpaired) electrons. The van der Waals surface area contributed by atoms with Gasteiger partial charge in [-0.25, -0.2) is 4.79 Å². The minimum Gasteiger partial charge on any atom is -0.345 e. The van der Waals surface area contributed by atoms with Crippen LogP contribution in [0.5, 0.6) is 0 Å². The van der Waals surface area contributed by atoms with Crippen LogP contribution in [-0.4, -0.2) is 22.0 Å². The summed E-state index contributed by atoms with van der Waals surface area (Å²) in [4.78, 5) is 14.5. The smallest absolute Gasteiger partial charge is 0.318 e. The molecule has 1 heterocycles. The summed E-state index contributed by atoms with van der Waals surface area (Å²) >= 11 is 0. The molecule has 3 aromatic rings. The van der Waals surface area contributed by atoms with Crippen LogP contribution in [0.4, 0.5) is 4.79 Å². The maximum Gasteiger partial charge on any atom is 0.318 e. The standard InChI is InChI=1S/C24H27N3O/c1-3-15-27(24(28)25-17-21-11-5-4-6-12-21)19-23-14-9-16-26(23)18-22-13-8-7-10-20(22)2/h3-14,16H,1,15,17-19H2,2H3,(H,25,28). The molecule has 3 rings (SSSR count). The van der Waals surface area contributed by atoms with Gasteiger partial charge in [-0.2, -0.15) is 0 Å². The minimum atomic E-state index is -0.0904. The molecule has 28 heavy (non-hydrogen) atoms. The van der Waals surface area contributed by atoms with Gasteiger partial charge in [0.2, 0.25) is 0 Å². The van der Waals surface area contributed by atoms with E-state index in [1.54, 1.807) is 11.0 Å². The van der Waals surface area contributed by atoms with E-state index >= 15 is 0 Å². The van der Waals surface area contributed by atoms with Crippen LogP contribution in [0.15, 0.2) is 85.6 Å². The number of carbonyl (C=O) groups excluding carboxylic acids is 1. The van der Waals surface area contributed by atoms with Gasteiger partial charge in [-0.1, -0.05) is 60.7 Å². The average molecular weight is 374 g/mol. The maximum atomic E-state index is 12.7. The number of hydrogen-bond acceptors (Lipinski definition) is 1. The SMILES string of the molecule is C=CCN(Cc1cccn1Cc1ccccc1C)C(=O)NCc1ccccc1.